The largest absolute Gasteiger partial charge is 0.337 e. The number of rotatable bonds is 4. The molecule has 2 rings (SSSR count). The maximum Gasteiger partial charge on any atom is 0.122 e. The molecule has 0 saturated carbocycles. The number of imidazole rings is 1. The van der Waals surface area contributed by atoms with E-state index >= 15 is 0 Å². The highest BCUT2D eigenvalue weighted by Crippen LogP contribution is 2.19. The van der Waals surface area contributed by atoms with Gasteiger partial charge in [-0.1, -0.05) is 0 Å². The number of nitrogens with zero attached hydrogens (tertiary/aromatic N) is 3. The van der Waals surface area contributed by atoms with E-state index in [-0.39, 0.29) is 0 Å². The predicted molar refractivity (Wildman–Crippen MR) is 69.7 cm³/mol. The summed E-state index contributed by atoms with van der Waals surface area (Å²) in [4.78, 5) is 6.76. The average Bonchev–Trinajstić information content (AvgIpc) is 2.73. The zero-order valence-corrected chi connectivity index (χ0v) is 11.2. The van der Waals surface area contributed by atoms with Crippen LogP contribution in [0.15, 0.2) is 12.4 Å². The van der Waals surface area contributed by atoms with E-state index in [0.29, 0.717) is 6.04 Å². The predicted octanol–water partition coefficient (Wildman–Crippen LogP) is 1.24. The molecule has 1 saturated heterocycles. The molecule has 2 heterocycles. The molecular weight excluding hydrogens is 212 g/mol. The standard InChI is InChI=1S/C13H24N4/c1-11(12-4-7-16(2)8-5-12)15-10-13-14-6-9-17(13)3/h6,9,11-12,15H,4-5,7-8,10H2,1-3H3. The fourth-order valence-electron chi connectivity index (χ4n) is 2.51. The molecule has 96 valence electrons. The van der Waals surface area contributed by atoms with Crippen LogP contribution in [0.4, 0.5) is 0 Å². The molecule has 4 nitrogen and oxygen atoms in total. The molecule has 1 N–H and O–H groups in total. The Morgan fingerprint density at radius 1 is 1.41 bits per heavy atom. The van der Waals surface area contributed by atoms with Gasteiger partial charge in [-0.3, -0.25) is 0 Å². The molecular formula is C13H24N4. The fourth-order valence-corrected chi connectivity index (χ4v) is 2.51. The fraction of sp³-hybridized carbons (Fsp3) is 0.769. The first-order valence-corrected chi connectivity index (χ1v) is 6.55. The summed E-state index contributed by atoms with van der Waals surface area (Å²) < 4.78 is 2.08. The van der Waals surface area contributed by atoms with E-state index in [1.54, 1.807) is 0 Å². The Bertz CT molecular complexity index is 339. The van der Waals surface area contributed by atoms with Crippen LogP contribution in [-0.4, -0.2) is 40.6 Å². The lowest BCUT2D eigenvalue weighted by atomic mass is 9.90. The van der Waals surface area contributed by atoms with Gasteiger partial charge in [-0.05, 0) is 45.8 Å². The zero-order valence-electron chi connectivity index (χ0n) is 11.2. The topological polar surface area (TPSA) is 33.1 Å². The average molecular weight is 236 g/mol. The van der Waals surface area contributed by atoms with Gasteiger partial charge in [0.05, 0.1) is 6.54 Å². The Balaban J connectivity index is 1.77. The SMILES string of the molecule is CC(NCc1nccn1C)C1CCN(C)CC1. The Labute approximate surface area is 104 Å². The van der Waals surface area contributed by atoms with Crippen molar-refractivity contribution in [1.82, 2.24) is 19.8 Å². The number of nitrogens with one attached hydrogen (secondary N) is 1. The van der Waals surface area contributed by atoms with Crippen molar-refractivity contribution < 1.29 is 0 Å². The Morgan fingerprint density at radius 2 is 2.12 bits per heavy atom. The van der Waals surface area contributed by atoms with Crippen molar-refractivity contribution in [1.29, 1.82) is 0 Å². The first-order valence-electron chi connectivity index (χ1n) is 6.55. The summed E-state index contributed by atoms with van der Waals surface area (Å²) in [5.74, 6) is 1.93. The summed E-state index contributed by atoms with van der Waals surface area (Å²) in [6.07, 6.45) is 6.48. The van der Waals surface area contributed by atoms with Gasteiger partial charge >= 0.3 is 0 Å². The minimum absolute atomic E-state index is 0.584. The minimum atomic E-state index is 0.584. The van der Waals surface area contributed by atoms with Gasteiger partial charge in [0.15, 0.2) is 0 Å². The molecule has 1 aromatic rings. The third-order valence-corrected chi connectivity index (χ3v) is 3.97. The van der Waals surface area contributed by atoms with Gasteiger partial charge in [0.2, 0.25) is 0 Å². The van der Waals surface area contributed by atoms with Crippen LogP contribution >= 0.6 is 0 Å². The minimum Gasteiger partial charge on any atom is -0.337 e. The van der Waals surface area contributed by atoms with Crippen molar-refractivity contribution in [2.45, 2.75) is 32.4 Å². The molecule has 0 aliphatic carbocycles. The van der Waals surface area contributed by atoms with Gasteiger partial charge < -0.3 is 14.8 Å². The van der Waals surface area contributed by atoms with Crippen LogP contribution in [0, 0.1) is 5.92 Å². The van der Waals surface area contributed by atoms with Crippen LogP contribution in [0.25, 0.3) is 0 Å². The summed E-state index contributed by atoms with van der Waals surface area (Å²) >= 11 is 0. The number of hydrogen-bond acceptors (Lipinski definition) is 3. The second-order valence-corrected chi connectivity index (χ2v) is 5.26. The van der Waals surface area contributed by atoms with Crippen molar-refractivity contribution in [3.8, 4) is 0 Å². The Hall–Kier alpha value is -0.870. The highest BCUT2D eigenvalue weighted by molar-refractivity contribution is 4.91. The Kier molecular flexibility index (Phi) is 4.18. The van der Waals surface area contributed by atoms with Crippen LogP contribution in [0.2, 0.25) is 0 Å². The van der Waals surface area contributed by atoms with Crippen molar-refractivity contribution in [3.05, 3.63) is 18.2 Å². The molecule has 4 heteroatoms. The molecule has 0 bridgehead atoms. The van der Waals surface area contributed by atoms with E-state index in [4.69, 9.17) is 0 Å². The second kappa shape index (κ2) is 5.65. The molecule has 17 heavy (non-hydrogen) atoms. The second-order valence-electron chi connectivity index (χ2n) is 5.26. The van der Waals surface area contributed by atoms with Crippen LogP contribution in [0.3, 0.4) is 0 Å². The molecule has 0 aromatic carbocycles. The van der Waals surface area contributed by atoms with Crippen molar-refractivity contribution in [2.75, 3.05) is 20.1 Å². The number of likely N-dealkylation sites (tertiary alicyclic amines) is 1. The zero-order chi connectivity index (χ0) is 12.3. The highest BCUT2D eigenvalue weighted by Gasteiger charge is 2.21. The first kappa shape index (κ1) is 12.6. The van der Waals surface area contributed by atoms with Crippen LogP contribution in [-0.2, 0) is 13.6 Å². The monoisotopic (exact) mass is 236 g/mol. The molecule has 0 spiro atoms. The van der Waals surface area contributed by atoms with Crippen LogP contribution < -0.4 is 5.32 Å². The summed E-state index contributed by atoms with van der Waals surface area (Å²) in [5, 5.41) is 3.61. The highest BCUT2D eigenvalue weighted by atomic mass is 15.1. The molecule has 1 atom stereocenters. The van der Waals surface area contributed by atoms with E-state index < -0.39 is 0 Å². The maximum absolute atomic E-state index is 4.34. The van der Waals surface area contributed by atoms with Gasteiger partial charge in [0.1, 0.15) is 5.82 Å². The number of aryl methyl sites for hydroxylation is 1. The molecule has 0 radical (unpaired) electrons. The van der Waals surface area contributed by atoms with E-state index in [9.17, 15) is 0 Å². The van der Waals surface area contributed by atoms with Gasteiger partial charge in [-0.25, -0.2) is 4.98 Å². The first-order chi connectivity index (χ1) is 8.16. The van der Waals surface area contributed by atoms with Crippen molar-refractivity contribution >= 4 is 0 Å². The molecule has 1 aliphatic heterocycles. The lowest BCUT2D eigenvalue weighted by Crippen LogP contribution is -2.40. The normalized spacial score (nSPS) is 20.6. The maximum atomic E-state index is 4.34. The van der Waals surface area contributed by atoms with Gasteiger partial charge in [0.25, 0.3) is 0 Å². The smallest absolute Gasteiger partial charge is 0.122 e. The lowest BCUT2D eigenvalue weighted by molar-refractivity contribution is 0.189. The van der Waals surface area contributed by atoms with Crippen molar-refractivity contribution in [2.24, 2.45) is 13.0 Å². The third kappa shape index (κ3) is 3.30. The van der Waals surface area contributed by atoms with Crippen LogP contribution in [0.1, 0.15) is 25.6 Å². The third-order valence-electron chi connectivity index (χ3n) is 3.97. The van der Waals surface area contributed by atoms with E-state index in [2.05, 4.69) is 33.7 Å². The summed E-state index contributed by atoms with van der Waals surface area (Å²) in [6.45, 7) is 5.65. The number of piperidine rings is 1. The van der Waals surface area contributed by atoms with Gasteiger partial charge in [-0.15, -0.1) is 0 Å². The van der Waals surface area contributed by atoms with Crippen molar-refractivity contribution in [3.63, 3.8) is 0 Å². The van der Waals surface area contributed by atoms with Gasteiger partial charge in [-0.2, -0.15) is 0 Å². The lowest BCUT2D eigenvalue weighted by Gasteiger charge is -2.33. The summed E-state index contributed by atoms with van der Waals surface area (Å²) in [5.41, 5.74) is 0. The molecule has 1 aromatic heterocycles. The molecule has 1 unspecified atom stereocenters. The molecule has 1 aliphatic rings. The summed E-state index contributed by atoms with van der Waals surface area (Å²) in [6, 6.07) is 0.584. The van der Waals surface area contributed by atoms with E-state index in [0.717, 1.165) is 18.3 Å². The van der Waals surface area contributed by atoms with Gasteiger partial charge in [0, 0.05) is 25.5 Å². The van der Waals surface area contributed by atoms with E-state index in [1.165, 1.54) is 25.9 Å². The quantitative estimate of drug-likeness (QED) is 0.854. The van der Waals surface area contributed by atoms with Crippen LogP contribution in [0.5, 0.6) is 0 Å². The van der Waals surface area contributed by atoms with E-state index in [1.807, 2.05) is 19.4 Å². The molecule has 0 amide bonds. The molecule has 1 fully saturated rings. The number of hydrogen-bond donors (Lipinski definition) is 1. The Morgan fingerprint density at radius 3 is 2.71 bits per heavy atom. The summed E-state index contributed by atoms with van der Waals surface area (Å²) in [7, 11) is 4.26. The number of aromatic nitrogens is 2.